The molecule has 18 heavy (non-hydrogen) atoms. The van der Waals surface area contributed by atoms with Crippen molar-refractivity contribution in [3.05, 3.63) is 23.9 Å². The zero-order chi connectivity index (χ0) is 12.8. The van der Waals surface area contributed by atoms with Gasteiger partial charge in [0.2, 0.25) is 5.91 Å². The number of nitrogens with one attached hydrogen (secondary N) is 1. The molecule has 4 nitrogen and oxygen atoms in total. The quantitative estimate of drug-likeness (QED) is 0.862. The van der Waals surface area contributed by atoms with E-state index < -0.39 is 0 Å². The molecule has 4 heteroatoms. The Morgan fingerprint density at radius 1 is 1.44 bits per heavy atom. The molecule has 1 fully saturated rings. The van der Waals surface area contributed by atoms with Gasteiger partial charge in [-0.2, -0.15) is 0 Å². The predicted octanol–water partition coefficient (Wildman–Crippen LogP) is 1.75. The van der Waals surface area contributed by atoms with Crippen molar-refractivity contribution >= 4 is 11.7 Å². The topological polar surface area (TPSA) is 45.2 Å². The second kappa shape index (κ2) is 6.38. The molecule has 1 N–H and O–H groups in total. The van der Waals surface area contributed by atoms with Gasteiger partial charge in [-0.1, -0.05) is 0 Å². The van der Waals surface area contributed by atoms with E-state index in [9.17, 15) is 4.79 Å². The molecule has 1 aliphatic rings. The van der Waals surface area contributed by atoms with Crippen LogP contribution < -0.4 is 10.2 Å². The van der Waals surface area contributed by atoms with Crippen molar-refractivity contribution in [2.45, 2.75) is 32.6 Å². The smallest absolute Gasteiger partial charge is 0.220 e. The largest absolute Gasteiger partial charge is 0.357 e. The summed E-state index contributed by atoms with van der Waals surface area (Å²) in [4.78, 5) is 18.1. The Kier molecular flexibility index (Phi) is 4.56. The monoisotopic (exact) mass is 247 g/mol. The van der Waals surface area contributed by atoms with Gasteiger partial charge in [-0.15, -0.1) is 0 Å². The summed E-state index contributed by atoms with van der Waals surface area (Å²) in [6, 6.07) is 4.11. The van der Waals surface area contributed by atoms with Crippen LogP contribution in [0.1, 0.15) is 31.7 Å². The number of pyridine rings is 1. The van der Waals surface area contributed by atoms with E-state index in [-0.39, 0.29) is 5.91 Å². The highest BCUT2D eigenvalue weighted by atomic mass is 16.1. The summed E-state index contributed by atoms with van der Waals surface area (Å²) in [6.07, 6.45) is 5.70. The van der Waals surface area contributed by atoms with Gasteiger partial charge in [-0.3, -0.25) is 4.79 Å². The zero-order valence-corrected chi connectivity index (χ0v) is 11.0. The van der Waals surface area contributed by atoms with Crippen molar-refractivity contribution in [1.82, 2.24) is 10.3 Å². The van der Waals surface area contributed by atoms with Gasteiger partial charge in [-0.05, 0) is 43.9 Å². The third-order valence-electron chi connectivity index (χ3n) is 3.25. The van der Waals surface area contributed by atoms with Crippen molar-refractivity contribution in [2.75, 3.05) is 24.5 Å². The number of amides is 1. The number of aryl methyl sites for hydroxylation is 1. The van der Waals surface area contributed by atoms with Crippen molar-refractivity contribution in [3.8, 4) is 0 Å². The van der Waals surface area contributed by atoms with Gasteiger partial charge in [0, 0.05) is 32.3 Å². The fourth-order valence-electron chi connectivity index (χ4n) is 2.28. The molecule has 1 aliphatic heterocycles. The highest BCUT2D eigenvalue weighted by Gasteiger charge is 2.13. The Labute approximate surface area is 108 Å². The molecule has 0 saturated carbocycles. The fourth-order valence-corrected chi connectivity index (χ4v) is 2.28. The maximum absolute atomic E-state index is 11.4. The van der Waals surface area contributed by atoms with Crippen molar-refractivity contribution in [1.29, 1.82) is 0 Å². The molecule has 0 radical (unpaired) electrons. The van der Waals surface area contributed by atoms with E-state index in [0.29, 0.717) is 13.0 Å². The van der Waals surface area contributed by atoms with Gasteiger partial charge >= 0.3 is 0 Å². The molecule has 0 aliphatic carbocycles. The molecule has 0 atom stereocenters. The lowest BCUT2D eigenvalue weighted by Crippen LogP contribution is -2.23. The van der Waals surface area contributed by atoms with Crippen LogP contribution in [0.4, 0.5) is 5.82 Å². The fraction of sp³-hybridized carbons (Fsp3) is 0.571. The number of carbonyl (C=O) groups excluding carboxylic acids is 1. The van der Waals surface area contributed by atoms with Crippen LogP contribution in [0.25, 0.3) is 0 Å². The minimum atomic E-state index is 0.122. The number of rotatable bonds is 5. The van der Waals surface area contributed by atoms with Crippen LogP contribution in [-0.2, 0) is 11.2 Å². The van der Waals surface area contributed by atoms with Crippen molar-refractivity contribution in [2.24, 2.45) is 0 Å². The number of nitrogens with zero attached hydrogens (tertiary/aromatic N) is 2. The molecule has 1 aromatic rings. The predicted molar refractivity (Wildman–Crippen MR) is 72.7 cm³/mol. The molecule has 0 unspecified atom stereocenters. The first-order valence-corrected chi connectivity index (χ1v) is 6.76. The molecular weight excluding hydrogens is 226 g/mol. The van der Waals surface area contributed by atoms with E-state index in [0.717, 1.165) is 25.3 Å². The standard InChI is InChI=1S/C14H21N3O/c1-2-15-14(18)6-5-12-7-8-16-13(11-12)17-9-3-4-10-17/h7-8,11H,2-6,9-10H2,1H3,(H,15,18). The third kappa shape index (κ3) is 3.45. The Hall–Kier alpha value is -1.58. The summed E-state index contributed by atoms with van der Waals surface area (Å²) in [5.41, 5.74) is 1.19. The van der Waals surface area contributed by atoms with Crippen molar-refractivity contribution in [3.63, 3.8) is 0 Å². The van der Waals surface area contributed by atoms with Gasteiger partial charge in [-0.25, -0.2) is 4.98 Å². The van der Waals surface area contributed by atoms with E-state index in [1.54, 1.807) is 0 Å². The van der Waals surface area contributed by atoms with E-state index in [1.165, 1.54) is 18.4 Å². The van der Waals surface area contributed by atoms with Crippen LogP contribution >= 0.6 is 0 Å². The summed E-state index contributed by atoms with van der Waals surface area (Å²) in [6.45, 7) is 4.85. The first kappa shape index (κ1) is 12.9. The van der Waals surface area contributed by atoms with Gasteiger partial charge in [0.1, 0.15) is 5.82 Å². The van der Waals surface area contributed by atoms with Gasteiger partial charge in [0.05, 0.1) is 0 Å². The van der Waals surface area contributed by atoms with Gasteiger partial charge < -0.3 is 10.2 Å². The summed E-state index contributed by atoms with van der Waals surface area (Å²) in [5, 5.41) is 2.82. The van der Waals surface area contributed by atoms with Crippen LogP contribution in [0, 0.1) is 0 Å². The lowest BCUT2D eigenvalue weighted by atomic mass is 10.1. The van der Waals surface area contributed by atoms with E-state index in [2.05, 4.69) is 21.3 Å². The van der Waals surface area contributed by atoms with Crippen molar-refractivity contribution < 1.29 is 4.79 Å². The molecule has 1 amide bonds. The van der Waals surface area contributed by atoms with Crippen LogP contribution in [0.2, 0.25) is 0 Å². The lowest BCUT2D eigenvalue weighted by molar-refractivity contribution is -0.120. The van der Waals surface area contributed by atoms with Crippen LogP contribution in [0.5, 0.6) is 0 Å². The summed E-state index contributed by atoms with van der Waals surface area (Å²) in [5.74, 6) is 1.18. The molecule has 2 rings (SSSR count). The molecule has 1 saturated heterocycles. The second-order valence-corrected chi connectivity index (χ2v) is 4.67. The van der Waals surface area contributed by atoms with E-state index in [1.807, 2.05) is 19.2 Å². The molecule has 0 spiro atoms. The van der Waals surface area contributed by atoms with Crippen LogP contribution in [0.3, 0.4) is 0 Å². The molecule has 0 aromatic carbocycles. The Bertz CT molecular complexity index is 400. The maximum atomic E-state index is 11.4. The maximum Gasteiger partial charge on any atom is 0.220 e. The highest BCUT2D eigenvalue weighted by Crippen LogP contribution is 2.18. The number of aromatic nitrogens is 1. The first-order valence-electron chi connectivity index (χ1n) is 6.76. The van der Waals surface area contributed by atoms with E-state index in [4.69, 9.17) is 0 Å². The minimum absolute atomic E-state index is 0.122. The molecule has 2 heterocycles. The number of carbonyl (C=O) groups is 1. The highest BCUT2D eigenvalue weighted by molar-refractivity contribution is 5.76. The van der Waals surface area contributed by atoms with Crippen LogP contribution in [-0.4, -0.2) is 30.5 Å². The van der Waals surface area contributed by atoms with E-state index >= 15 is 0 Å². The SMILES string of the molecule is CCNC(=O)CCc1ccnc(N2CCCC2)c1. The molecule has 98 valence electrons. The molecular formula is C14H21N3O. The number of anilines is 1. The zero-order valence-electron chi connectivity index (χ0n) is 11.0. The molecule has 0 bridgehead atoms. The van der Waals surface area contributed by atoms with Gasteiger partial charge in [0.25, 0.3) is 0 Å². The lowest BCUT2D eigenvalue weighted by Gasteiger charge is -2.16. The minimum Gasteiger partial charge on any atom is -0.357 e. The summed E-state index contributed by atoms with van der Waals surface area (Å²) < 4.78 is 0. The third-order valence-corrected chi connectivity index (χ3v) is 3.25. The normalized spacial score (nSPS) is 14.8. The van der Waals surface area contributed by atoms with Crippen LogP contribution in [0.15, 0.2) is 18.3 Å². The average molecular weight is 247 g/mol. The molecule has 1 aromatic heterocycles. The second-order valence-electron chi connectivity index (χ2n) is 4.67. The first-order chi connectivity index (χ1) is 8.79. The Balaban J connectivity index is 1.92. The average Bonchev–Trinajstić information content (AvgIpc) is 2.91. The Morgan fingerprint density at radius 2 is 2.22 bits per heavy atom. The summed E-state index contributed by atoms with van der Waals surface area (Å²) >= 11 is 0. The number of hydrogen-bond acceptors (Lipinski definition) is 3. The number of hydrogen-bond donors (Lipinski definition) is 1. The van der Waals surface area contributed by atoms with Gasteiger partial charge in [0.15, 0.2) is 0 Å². The Morgan fingerprint density at radius 3 is 2.94 bits per heavy atom. The summed E-state index contributed by atoms with van der Waals surface area (Å²) in [7, 11) is 0.